The first-order chi connectivity index (χ1) is 14.1. The van der Waals surface area contributed by atoms with E-state index in [9.17, 15) is 9.59 Å². The summed E-state index contributed by atoms with van der Waals surface area (Å²) in [5.74, 6) is -0.287. The molecule has 0 aliphatic heterocycles. The number of anilines is 1. The molecule has 1 heterocycles. The lowest BCUT2D eigenvalue weighted by Gasteiger charge is -2.17. The van der Waals surface area contributed by atoms with E-state index < -0.39 is 0 Å². The summed E-state index contributed by atoms with van der Waals surface area (Å²) in [6.07, 6.45) is 6.56. The lowest BCUT2D eigenvalue weighted by Crippen LogP contribution is -2.35. The number of carbonyl (C=O) groups is 2. The molecule has 6 nitrogen and oxygen atoms in total. The summed E-state index contributed by atoms with van der Waals surface area (Å²) in [5, 5.41) is 7.22. The molecule has 0 radical (unpaired) electrons. The molecule has 29 heavy (non-hydrogen) atoms. The zero-order valence-corrected chi connectivity index (χ0v) is 17.4. The fourth-order valence-corrected chi connectivity index (χ4v) is 3.45. The highest BCUT2D eigenvalue weighted by Crippen LogP contribution is 2.24. The first-order valence-electron chi connectivity index (χ1n) is 9.32. The lowest BCUT2D eigenvalue weighted by atomic mass is 10.2. The summed E-state index contributed by atoms with van der Waals surface area (Å²) in [4.78, 5) is 27.2. The molecule has 0 bridgehead atoms. The Bertz CT molecular complexity index is 972. The van der Waals surface area contributed by atoms with Crippen LogP contribution in [0.15, 0.2) is 71.9 Å². The first kappa shape index (κ1) is 20.7. The smallest absolute Gasteiger partial charge is 0.244 e. The van der Waals surface area contributed by atoms with Crippen LogP contribution >= 0.6 is 11.8 Å². The predicted octanol–water partition coefficient (Wildman–Crippen LogP) is 3.62. The standard InChI is InChI=1S/C22H24N4O2S/c1-25(16-21(27)24-19-10-6-7-11-20(19)29-2)22(28)13-12-17-14-23-26(15-17)18-8-4-3-5-9-18/h3-11,14-15H,12-13,16H2,1-2H3,(H,24,27). The maximum Gasteiger partial charge on any atom is 0.244 e. The van der Waals surface area contributed by atoms with Crippen molar-refractivity contribution in [1.82, 2.24) is 14.7 Å². The second-order valence-corrected chi connectivity index (χ2v) is 7.48. The van der Waals surface area contributed by atoms with Crippen LogP contribution in [0.5, 0.6) is 0 Å². The number of benzene rings is 2. The summed E-state index contributed by atoms with van der Waals surface area (Å²) in [6, 6.07) is 17.4. The highest BCUT2D eigenvalue weighted by Gasteiger charge is 2.14. The molecule has 0 spiro atoms. The zero-order valence-electron chi connectivity index (χ0n) is 16.5. The minimum absolute atomic E-state index is 0.0187. The van der Waals surface area contributed by atoms with Crippen molar-refractivity contribution in [3.05, 3.63) is 72.6 Å². The van der Waals surface area contributed by atoms with Crippen molar-refractivity contribution < 1.29 is 9.59 Å². The molecule has 0 atom stereocenters. The third-order valence-electron chi connectivity index (χ3n) is 4.47. The molecule has 0 aliphatic carbocycles. The normalized spacial score (nSPS) is 10.6. The molecule has 0 unspecified atom stereocenters. The van der Waals surface area contributed by atoms with Gasteiger partial charge in [-0.2, -0.15) is 5.10 Å². The maximum absolute atomic E-state index is 12.4. The van der Waals surface area contributed by atoms with Crippen LogP contribution in [0.3, 0.4) is 0 Å². The molecule has 1 aromatic heterocycles. The summed E-state index contributed by atoms with van der Waals surface area (Å²) in [6.45, 7) is 0.0187. The largest absolute Gasteiger partial charge is 0.336 e. The number of hydrogen-bond acceptors (Lipinski definition) is 4. The van der Waals surface area contributed by atoms with Gasteiger partial charge in [0.25, 0.3) is 0 Å². The van der Waals surface area contributed by atoms with Gasteiger partial charge >= 0.3 is 0 Å². The average Bonchev–Trinajstić information content (AvgIpc) is 3.22. The topological polar surface area (TPSA) is 67.2 Å². The number of nitrogens with one attached hydrogen (secondary N) is 1. The number of thioether (sulfide) groups is 1. The van der Waals surface area contributed by atoms with Crippen LogP contribution in [0.1, 0.15) is 12.0 Å². The van der Waals surface area contributed by atoms with Crippen molar-refractivity contribution in [2.75, 3.05) is 25.2 Å². The predicted molar refractivity (Wildman–Crippen MR) is 116 cm³/mol. The number of rotatable bonds is 8. The third-order valence-corrected chi connectivity index (χ3v) is 5.27. The Morgan fingerprint density at radius 3 is 2.59 bits per heavy atom. The van der Waals surface area contributed by atoms with Gasteiger partial charge in [-0.15, -0.1) is 11.8 Å². The van der Waals surface area contributed by atoms with E-state index >= 15 is 0 Å². The average molecular weight is 409 g/mol. The van der Waals surface area contributed by atoms with Crippen LogP contribution in [-0.4, -0.2) is 46.3 Å². The van der Waals surface area contributed by atoms with Gasteiger partial charge in [0.2, 0.25) is 11.8 Å². The Morgan fingerprint density at radius 2 is 1.83 bits per heavy atom. The minimum atomic E-state index is -0.209. The maximum atomic E-state index is 12.4. The molecule has 0 saturated carbocycles. The second-order valence-electron chi connectivity index (χ2n) is 6.63. The molecule has 0 saturated heterocycles. The summed E-state index contributed by atoms with van der Waals surface area (Å²) in [5.41, 5.74) is 2.72. The quantitative estimate of drug-likeness (QED) is 0.578. The van der Waals surface area contributed by atoms with Gasteiger partial charge in [-0.25, -0.2) is 4.68 Å². The van der Waals surface area contributed by atoms with E-state index in [1.54, 1.807) is 29.7 Å². The molecule has 2 amide bonds. The van der Waals surface area contributed by atoms with Crippen LogP contribution < -0.4 is 5.32 Å². The Morgan fingerprint density at radius 1 is 1.10 bits per heavy atom. The van der Waals surface area contributed by atoms with Gasteiger partial charge in [0.15, 0.2) is 0 Å². The van der Waals surface area contributed by atoms with Crippen LogP contribution in [0.2, 0.25) is 0 Å². The van der Waals surface area contributed by atoms with Crippen LogP contribution in [0.25, 0.3) is 5.69 Å². The zero-order chi connectivity index (χ0) is 20.6. The molecule has 3 aromatic rings. The Labute approximate surface area is 174 Å². The van der Waals surface area contributed by atoms with Gasteiger partial charge in [0.05, 0.1) is 24.1 Å². The molecule has 0 aliphatic rings. The summed E-state index contributed by atoms with van der Waals surface area (Å²) >= 11 is 1.57. The van der Waals surface area contributed by atoms with Gasteiger partial charge in [0, 0.05) is 24.6 Å². The number of hydrogen-bond donors (Lipinski definition) is 1. The Kier molecular flexibility index (Phi) is 7.08. The highest BCUT2D eigenvalue weighted by molar-refractivity contribution is 7.98. The number of carbonyl (C=O) groups excluding carboxylic acids is 2. The number of likely N-dealkylation sites (N-methyl/N-ethyl adjacent to an activating group) is 1. The van der Waals surface area contributed by atoms with E-state index in [-0.39, 0.29) is 18.4 Å². The molecular weight excluding hydrogens is 384 g/mol. The number of amides is 2. The second kappa shape index (κ2) is 9.93. The van der Waals surface area contributed by atoms with E-state index in [1.807, 2.05) is 67.0 Å². The number of para-hydroxylation sites is 2. The van der Waals surface area contributed by atoms with E-state index in [0.29, 0.717) is 12.8 Å². The van der Waals surface area contributed by atoms with Gasteiger partial charge in [-0.3, -0.25) is 9.59 Å². The fourth-order valence-electron chi connectivity index (χ4n) is 2.89. The Balaban J connectivity index is 1.49. The van der Waals surface area contributed by atoms with E-state index in [0.717, 1.165) is 21.8 Å². The first-order valence-corrected chi connectivity index (χ1v) is 10.5. The van der Waals surface area contributed by atoms with Gasteiger partial charge in [0.1, 0.15) is 0 Å². The van der Waals surface area contributed by atoms with E-state index in [4.69, 9.17) is 0 Å². The molecule has 150 valence electrons. The number of aromatic nitrogens is 2. The Hall–Kier alpha value is -3.06. The van der Waals surface area contributed by atoms with E-state index in [2.05, 4.69) is 10.4 Å². The summed E-state index contributed by atoms with van der Waals surface area (Å²) in [7, 11) is 1.65. The molecule has 0 fully saturated rings. The van der Waals surface area contributed by atoms with Crippen molar-refractivity contribution in [1.29, 1.82) is 0 Å². The minimum Gasteiger partial charge on any atom is -0.336 e. The highest BCUT2D eigenvalue weighted by atomic mass is 32.2. The SMILES string of the molecule is CSc1ccccc1NC(=O)CN(C)C(=O)CCc1cnn(-c2ccccc2)c1. The van der Waals surface area contributed by atoms with Gasteiger partial charge in [-0.05, 0) is 42.5 Å². The van der Waals surface area contributed by atoms with Crippen molar-refractivity contribution >= 4 is 29.3 Å². The van der Waals surface area contributed by atoms with Crippen molar-refractivity contribution in [2.45, 2.75) is 17.7 Å². The van der Waals surface area contributed by atoms with Crippen LogP contribution in [0.4, 0.5) is 5.69 Å². The molecular formula is C22H24N4O2S. The van der Waals surface area contributed by atoms with Crippen molar-refractivity contribution in [2.24, 2.45) is 0 Å². The van der Waals surface area contributed by atoms with Crippen LogP contribution in [-0.2, 0) is 16.0 Å². The fraction of sp³-hybridized carbons (Fsp3) is 0.227. The monoisotopic (exact) mass is 408 g/mol. The van der Waals surface area contributed by atoms with Crippen molar-refractivity contribution in [3.63, 3.8) is 0 Å². The summed E-state index contributed by atoms with van der Waals surface area (Å²) < 4.78 is 1.79. The lowest BCUT2D eigenvalue weighted by molar-refractivity contribution is -0.133. The molecule has 1 N–H and O–H groups in total. The van der Waals surface area contributed by atoms with Gasteiger partial charge in [-0.1, -0.05) is 30.3 Å². The van der Waals surface area contributed by atoms with E-state index in [1.165, 1.54) is 4.90 Å². The molecule has 2 aromatic carbocycles. The number of aryl methyl sites for hydroxylation is 1. The molecule has 7 heteroatoms. The number of nitrogens with zero attached hydrogens (tertiary/aromatic N) is 3. The third kappa shape index (κ3) is 5.71. The van der Waals surface area contributed by atoms with Crippen LogP contribution in [0, 0.1) is 0 Å². The van der Waals surface area contributed by atoms with Gasteiger partial charge < -0.3 is 10.2 Å². The van der Waals surface area contributed by atoms with Crippen molar-refractivity contribution in [3.8, 4) is 5.69 Å². The molecule has 3 rings (SSSR count).